The number of anilines is 1. The minimum absolute atomic E-state index is 0.0525. The minimum atomic E-state index is -1.17. The molecule has 0 amide bonds. The van der Waals surface area contributed by atoms with Gasteiger partial charge in [-0.3, -0.25) is 10.1 Å². The second-order valence-corrected chi connectivity index (χ2v) is 4.97. The maximum absolute atomic E-state index is 11.1. The van der Waals surface area contributed by atoms with Gasteiger partial charge < -0.3 is 20.3 Å². The number of carboxylic acids is 1. The van der Waals surface area contributed by atoms with Crippen molar-refractivity contribution in [2.45, 2.75) is 18.4 Å². The Labute approximate surface area is 120 Å². The first-order valence-corrected chi connectivity index (χ1v) is 6.46. The highest BCUT2D eigenvalue weighted by molar-refractivity contribution is 5.90. The second kappa shape index (κ2) is 6.06. The number of hydrogen-bond donors (Lipinski definition) is 3. The number of rotatable bonds is 5. The van der Waals surface area contributed by atoms with E-state index in [9.17, 15) is 20.0 Å². The SMILES string of the molecule is O=C(O)c1ccc([N+](=O)[O-])c(NC2(CO)CCOCC2)c1. The summed E-state index contributed by atoms with van der Waals surface area (Å²) in [5.41, 5.74) is -0.918. The highest BCUT2D eigenvalue weighted by Gasteiger charge is 2.34. The molecule has 1 aromatic carbocycles. The maximum atomic E-state index is 11.1. The first-order valence-electron chi connectivity index (χ1n) is 6.46. The number of nitrogens with one attached hydrogen (secondary N) is 1. The molecule has 0 saturated carbocycles. The molecular weight excluding hydrogens is 280 g/mol. The summed E-state index contributed by atoms with van der Waals surface area (Å²) in [5.74, 6) is -1.17. The lowest BCUT2D eigenvalue weighted by Crippen LogP contribution is -2.47. The zero-order valence-corrected chi connectivity index (χ0v) is 11.2. The summed E-state index contributed by atoms with van der Waals surface area (Å²) in [4.78, 5) is 21.5. The van der Waals surface area contributed by atoms with Crippen molar-refractivity contribution >= 4 is 17.3 Å². The Morgan fingerprint density at radius 2 is 2.10 bits per heavy atom. The molecule has 0 spiro atoms. The monoisotopic (exact) mass is 296 g/mol. The van der Waals surface area contributed by atoms with Crippen molar-refractivity contribution in [3.05, 3.63) is 33.9 Å². The molecule has 21 heavy (non-hydrogen) atoms. The Bertz CT molecular complexity index is 554. The number of carbonyl (C=O) groups is 1. The summed E-state index contributed by atoms with van der Waals surface area (Å²) in [5, 5.41) is 32.6. The Hall–Kier alpha value is -2.19. The Balaban J connectivity index is 2.37. The summed E-state index contributed by atoms with van der Waals surface area (Å²) in [6, 6.07) is 3.55. The van der Waals surface area contributed by atoms with Crippen molar-refractivity contribution in [3.63, 3.8) is 0 Å². The highest BCUT2D eigenvalue weighted by Crippen LogP contribution is 2.32. The van der Waals surface area contributed by atoms with E-state index in [1.807, 2.05) is 0 Å². The van der Waals surface area contributed by atoms with Gasteiger partial charge >= 0.3 is 5.97 Å². The maximum Gasteiger partial charge on any atom is 0.335 e. The van der Waals surface area contributed by atoms with Gasteiger partial charge in [0, 0.05) is 19.3 Å². The lowest BCUT2D eigenvalue weighted by molar-refractivity contribution is -0.384. The second-order valence-electron chi connectivity index (χ2n) is 4.97. The van der Waals surface area contributed by atoms with E-state index in [1.165, 1.54) is 12.1 Å². The number of carboxylic acid groups (broad SMARTS) is 1. The van der Waals surface area contributed by atoms with Crippen LogP contribution in [-0.4, -0.2) is 46.5 Å². The van der Waals surface area contributed by atoms with Crippen LogP contribution in [0.3, 0.4) is 0 Å². The summed E-state index contributed by atoms with van der Waals surface area (Å²) in [7, 11) is 0. The number of benzene rings is 1. The average Bonchev–Trinajstić information content (AvgIpc) is 2.47. The number of nitro benzene ring substituents is 1. The molecule has 0 radical (unpaired) electrons. The Morgan fingerprint density at radius 3 is 2.62 bits per heavy atom. The third-order valence-electron chi connectivity index (χ3n) is 3.59. The third kappa shape index (κ3) is 3.29. The van der Waals surface area contributed by atoms with E-state index in [0.29, 0.717) is 26.1 Å². The van der Waals surface area contributed by atoms with Crippen molar-refractivity contribution in [3.8, 4) is 0 Å². The van der Waals surface area contributed by atoms with Gasteiger partial charge in [-0.1, -0.05) is 0 Å². The number of nitrogens with zero attached hydrogens (tertiary/aromatic N) is 1. The van der Waals surface area contributed by atoms with Crippen LogP contribution in [-0.2, 0) is 4.74 Å². The minimum Gasteiger partial charge on any atom is -0.478 e. The summed E-state index contributed by atoms with van der Waals surface area (Å²) >= 11 is 0. The highest BCUT2D eigenvalue weighted by atomic mass is 16.6. The number of nitro groups is 1. The fourth-order valence-corrected chi connectivity index (χ4v) is 2.30. The summed E-state index contributed by atoms with van der Waals surface area (Å²) in [6.45, 7) is 0.644. The van der Waals surface area contributed by atoms with E-state index in [4.69, 9.17) is 9.84 Å². The standard InChI is InChI=1S/C13H16N2O6/c16-8-13(3-5-21-6-4-13)14-10-7-9(12(17)18)1-2-11(10)15(19)20/h1-2,7,14,16H,3-6,8H2,(H,17,18). The number of aliphatic hydroxyl groups excluding tert-OH is 1. The first-order chi connectivity index (χ1) is 9.97. The van der Waals surface area contributed by atoms with Gasteiger partial charge in [0.1, 0.15) is 5.69 Å². The number of ether oxygens (including phenoxy) is 1. The largest absolute Gasteiger partial charge is 0.478 e. The average molecular weight is 296 g/mol. The van der Waals surface area contributed by atoms with Gasteiger partial charge in [0.2, 0.25) is 0 Å². The van der Waals surface area contributed by atoms with Crippen LogP contribution in [0.15, 0.2) is 18.2 Å². The van der Waals surface area contributed by atoms with E-state index in [2.05, 4.69) is 5.32 Å². The van der Waals surface area contributed by atoms with Gasteiger partial charge in [-0.25, -0.2) is 4.79 Å². The third-order valence-corrected chi connectivity index (χ3v) is 3.59. The molecule has 8 nitrogen and oxygen atoms in total. The predicted octanol–water partition coefficient (Wildman–Crippen LogP) is 1.25. The molecule has 1 aliphatic rings. The van der Waals surface area contributed by atoms with E-state index < -0.39 is 16.4 Å². The van der Waals surface area contributed by atoms with Crippen LogP contribution in [0, 0.1) is 10.1 Å². The summed E-state index contributed by atoms with van der Waals surface area (Å²) in [6.07, 6.45) is 0.968. The topological polar surface area (TPSA) is 122 Å². The van der Waals surface area contributed by atoms with Crippen LogP contribution in [0.1, 0.15) is 23.2 Å². The number of aliphatic hydroxyl groups is 1. The van der Waals surface area contributed by atoms with Gasteiger partial charge in [-0.05, 0) is 25.0 Å². The van der Waals surface area contributed by atoms with Crippen molar-refractivity contribution in [2.75, 3.05) is 25.1 Å². The van der Waals surface area contributed by atoms with Gasteiger partial charge in [0.25, 0.3) is 5.69 Å². The van der Waals surface area contributed by atoms with Crippen LogP contribution in [0.5, 0.6) is 0 Å². The Morgan fingerprint density at radius 1 is 1.43 bits per heavy atom. The lowest BCUT2D eigenvalue weighted by atomic mass is 9.90. The first kappa shape index (κ1) is 15.2. The molecule has 1 aliphatic heterocycles. The fourth-order valence-electron chi connectivity index (χ4n) is 2.30. The van der Waals surface area contributed by atoms with Crippen molar-refractivity contribution in [1.82, 2.24) is 0 Å². The van der Waals surface area contributed by atoms with Crippen LogP contribution < -0.4 is 5.32 Å². The lowest BCUT2D eigenvalue weighted by Gasteiger charge is -2.37. The van der Waals surface area contributed by atoms with Crippen LogP contribution in [0.25, 0.3) is 0 Å². The molecule has 1 saturated heterocycles. The molecule has 0 atom stereocenters. The molecule has 0 aliphatic carbocycles. The molecule has 3 N–H and O–H groups in total. The van der Waals surface area contributed by atoms with Crippen LogP contribution in [0.2, 0.25) is 0 Å². The molecule has 114 valence electrons. The van der Waals surface area contributed by atoms with Crippen LogP contribution in [0.4, 0.5) is 11.4 Å². The molecule has 1 heterocycles. The molecule has 1 aromatic rings. The zero-order valence-electron chi connectivity index (χ0n) is 11.2. The van der Waals surface area contributed by atoms with E-state index >= 15 is 0 Å². The fraction of sp³-hybridized carbons (Fsp3) is 0.462. The van der Waals surface area contributed by atoms with Crippen molar-refractivity contribution < 1.29 is 24.7 Å². The molecular formula is C13H16N2O6. The predicted molar refractivity (Wildman–Crippen MR) is 73.5 cm³/mol. The van der Waals surface area contributed by atoms with Gasteiger partial charge in [-0.2, -0.15) is 0 Å². The van der Waals surface area contributed by atoms with E-state index in [-0.39, 0.29) is 23.5 Å². The van der Waals surface area contributed by atoms with Gasteiger partial charge in [0.15, 0.2) is 0 Å². The van der Waals surface area contributed by atoms with Crippen molar-refractivity contribution in [1.29, 1.82) is 0 Å². The van der Waals surface area contributed by atoms with Gasteiger partial charge in [0.05, 0.1) is 22.6 Å². The van der Waals surface area contributed by atoms with E-state index in [0.717, 1.165) is 6.07 Å². The molecule has 8 heteroatoms. The zero-order chi connectivity index (χ0) is 15.5. The van der Waals surface area contributed by atoms with E-state index in [1.54, 1.807) is 0 Å². The van der Waals surface area contributed by atoms with Crippen molar-refractivity contribution in [2.24, 2.45) is 0 Å². The smallest absolute Gasteiger partial charge is 0.335 e. The molecule has 0 bridgehead atoms. The van der Waals surface area contributed by atoms with Crippen LogP contribution >= 0.6 is 0 Å². The molecule has 0 unspecified atom stereocenters. The number of aromatic carboxylic acids is 1. The Kier molecular flexibility index (Phi) is 4.39. The normalized spacial score (nSPS) is 17.2. The molecule has 2 rings (SSSR count). The summed E-state index contributed by atoms with van der Waals surface area (Å²) < 4.78 is 5.22. The van der Waals surface area contributed by atoms with Gasteiger partial charge in [-0.15, -0.1) is 0 Å². The molecule has 1 fully saturated rings. The number of hydrogen-bond acceptors (Lipinski definition) is 6. The quantitative estimate of drug-likeness (QED) is 0.552. The molecule has 0 aromatic heterocycles.